The number of aromatic nitrogens is 1. The third kappa shape index (κ3) is 2.96. The summed E-state index contributed by atoms with van der Waals surface area (Å²) in [6.07, 6.45) is 2.22. The molecule has 1 aromatic heterocycles. The summed E-state index contributed by atoms with van der Waals surface area (Å²) in [5.41, 5.74) is 0. The lowest BCUT2D eigenvalue weighted by Crippen LogP contribution is -2.10. The molecule has 0 amide bonds. The molecule has 0 aliphatic heterocycles. The van der Waals surface area contributed by atoms with Crippen LogP contribution in [0.4, 0.5) is 5.82 Å². The van der Waals surface area contributed by atoms with Crippen molar-refractivity contribution in [1.82, 2.24) is 4.98 Å². The molecule has 2 N–H and O–H groups in total. The molecule has 0 aliphatic carbocycles. The van der Waals surface area contributed by atoms with Crippen LogP contribution in [0.25, 0.3) is 10.8 Å². The number of aliphatic hydroxyl groups excluding tert-OH is 1. The van der Waals surface area contributed by atoms with E-state index < -0.39 is 0 Å². The van der Waals surface area contributed by atoms with Gasteiger partial charge in [-0.05, 0) is 25.5 Å². The highest BCUT2D eigenvalue weighted by molar-refractivity contribution is 9.10. The summed E-state index contributed by atoms with van der Waals surface area (Å²) in [4.78, 5) is 4.33. The standard InChI is InChI=1S/C13H15BrN2O/c1-9(17)5-7-15-13-11-3-2-4-12(14)10(11)6-8-16-13/h2-4,6,8-9,17H,5,7H2,1H3,(H,15,16)/t9-/m0/s1. The molecule has 2 aromatic rings. The van der Waals surface area contributed by atoms with E-state index in [-0.39, 0.29) is 6.10 Å². The average Bonchev–Trinajstić information content (AvgIpc) is 2.30. The lowest BCUT2D eigenvalue weighted by Gasteiger charge is -2.10. The molecule has 2 rings (SSSR count). The number of rotatable bonds is 4. The second kappa shape index (κ2) is 5.47. The molecule has 1 aromatic carbocycles. The zero-order chi connectivity index (χ0) is 12.3. The summed E-state index contributed by atoms with van der Waals surface area (Å²) in [5, 5.41) is 14.7. The van der Waals surface area contributed by atoms with Gasteiger partial charge in [0.15, 0.2) is 0 Å². The van der Waals surface area contributed by atoms with E-state index in [1.54, 1.807) is 13.1 Å². The van der Waals surface area contributed by atoms with Gasteiger partial charge in [0.1, 0.15) is 5.82 Å². The molecule has 90 valence electrons. The van der Waals surface area contributed by atoms with Gasteiger partial charge in [-0.3, -0.25) is 0 Å². The number of hydrogen-bond donors (Lipinski definition) is 2. The predicted octanol–water partition coefficient (Wildman–Crippen LogP) is 3.18. The van der Waals surface area contributed by atoms with E-state index in [4.69, 9.17) is 0 Å². The van der Waals surface area contributed by atoms with Crippen molar-refractivity contribution in [3.05, 3.63) is 34.9 Å². The van der Waals surface area contributed by atoms with Crippen LogP contribution in [0, 0.1) is 0 Å². The molecule has 0 spiro atoms. The topological polar surface area (TPSA) is 45.1 Å². The Hall–Kier alpha value is -1.13. The van der Waals surface area contributed by atoms with Gasteiger partial charge in [-0.15, -0.1) is 0 Å². The van der Waals surface area contributed by atoms with Crippen molar-refractivity contribution in [3.8, 4) is 0 Å². The van der Waals surface area contributed by atoms with Crippen molar-refractivity contribution >= 4 is 32.5 Å². The Morgan fingerprint density at radius 2 is 2.18 bits per heavy atom. The zero-order valence-corrected chi connectivity index (χ0v) is 11.2. The third-order valence-corrected chi connectivity index (χ3v) is 3.30. The zero-order valence-electron chi connectivity index (χ0n) is 9.65. The third-order valence-electron chi connectivity index (χ3n) is 2.61. The Kier molecular flexibility index (Phi) is 3.97. The number of nitrogens with zero attached hydrogens (tertiary/aromatic N) is 1. The van der Waals surface area contributed by atoms with Gasteiger partial charge in [0.25, 0.3) is 0 Å². The molecule has 1 heterocycles. The molecule has 1 atom stereocenters. The molecular formula is C13H15BrN2O. The van der Waals surface area contributed by atoms with Crippen LogP contribution >= 0.6 is 15.9 Å². The fraction of sp³-hybridized carbons (Fsp3) is 0.308. The summed E-state index contributed by atoms with van der Waals surface area (Å²) in [6, 6.07) is 8.03. The largest absolute Gasteiger partial charge is 0.393 e. The van der Waals surface area contributed by atoms with Gasteiger partial charge in [0.2, 0.25) is 0 Å². The first-order chi connectivity index (χ1) is 8.18. The highest BCUT2D eigenvalue weighted by Gasteiger charge is 2.04. The molecule has 4 heteroatoms. The quantitative estimate of drug-likeness (QED) is 0.910. The Bertz CT molecular complexity index is 514. The molecule has 0 unspecified atom stereocenters. The number of halogens is 1. The Balaban J connectivity index is 2.25. The van der Waals surface area contributed by atoms with E-state index >= 15 is 0 Å². The summed E-state index contributed by atoms with van der Waals surface area (Å²) in [6.45, 7) is 2.51. The van der Waals surface area contributed by atoms with Crippen molar-refractivity contribution in [2.45, 2.75) is 19.4 Å². The minimum atomic E-state index is -0.288. The van der Waals surface area contributed by atoms with Crippen molar-refractivity contribution in [1.29, 1.82) is 0 Å². The maximum absolute atomic E-state index is 9.22. The highest BCUT2D eigenvalue weighted by atomic mass is 79.9. The van der Waals surface area contributed by atoms with Gasteiger partial charge >= 0.3 is 0 Å². The SMILES string of the molecule is C[C@H](O)CCNc1nccc2c(Br)cccc12. The van der Waals surface area contributed by atoms with Crippen molar-refractivity contribution in [3.63, 3.8) is 0 Å². The number of benzene rings is 1. The summed E-state index contributed by atoms with van der Waals surface area (Å²) >= 11 is 3.53. The number of pyridine rings is 1. The van der Waals surface area contributed by atoms with E-state index in [1.165, 1.54) is 0 Å². The summed E-state index contributed by atoms with van der Waals surface area (Å²) in [5.74, 6) is 0.865. The maximum atomic E-state index is 9.22. The van der Waals surface area contributed by atoms with Crippen LogP contribution in [0.5, 0.6) is 0 Å². The number of aliphatic hydroxyl groups is 1. The van der Waals surface area contributed by atoms with Gasteiger partial charge in [-0.2, -0.15) is 0 Å². The second-order valence-corrected chi connectivity index (χ2v) is 4.91. The second-order valence-electron chi connectivity index (χ2n) is 4.06. The van der Waals surface area contributed by atoms with Gasteiger partial charge in [-0.1, -0.05) is 28.1 Å². The molecule has 0 aliphatic rings. The van der Waals surface area contributed by atoms with E-state index in [0.29, 0.717) is 6.42 Å². The van der Waals surface area contributed by atoms with Crippen LogP contribution in [-0.4, -0.2) is 22.7 Å². The lowest BCUT2D eigenvalue weighted by atomic mass is 10.1. The first-order valence-corrected chi connectivity index (χ1v) is 6.43. The minimum absolute atomic E-state index is 0.288. The van der Waals surface area contributed by atoms with Gasteiger partial charge in [0.05, 0.1) is 6.10 Å². The molecule has 0 saturated heterocycles. The molecule has 0 saturated carbocycles. The number of fused-ring (bicyclic) bond motifs is 1. The predicted molar refractivity (Wildman–Crippen MR) is 74.2 cm³/mol. The summed E-state index contributed by atoms with van der Waals surface area (Å²) in [7, 11) is 0. The van der Waals surface area contributed by atoms with Crippen LogP contribution < -0.4 is 5.32 Å². The minimum Gasteiger partial charge on any atom is -0.393 e. The fourth-order valence-electron chi connectivity index (χ4n) is 1.71. The lowest BCUT2D eigenvalue weighted by molar-refractivity contribution is 0.188. The van der Waals surface area contributed by atoms with Crippen molar-refractivity contribution in [2.75, 3.05) is 11.9 Å². The van der Waals surface area contributed by atoms with Gasteiger partial charge in [-0.25, -0.2) is 4.98 Å². The van der Waals surface area contributed by atoms with Crippen LogP contribution in [0.15, 0.2) is 34.9 Å². The van der Waals surface area contributed by atoms with Crippen LogP contribution in [0.3, 0.4) is 0 Å². The molecule has 0 radical (unpaired) electrons. The number of nitrogens with one attached hydrogen (secondary N) is 1. The molecule has 17 heavy (non-hydrogen) atoms. The normalized spacial score (nSPS) is 12.6. The van der Waals surface area contributed by atoms with Crippen LogP contribution in [0.2, 0.25) is 0 Å². The number of anilines is 1. The highest BCUT2D eigenvalue weighted by Crippen LogP contribution is 2.27. The molecule has 0 bridgehead atoms. The Morgan fingerprint density at radius 1 is 1.35 bits per heavy atom. The van der Waals surface area contributed by atoms with Crippen LogP contribution in [-0.2, 0) is 0 Å². The summed E-state index contributed by atoms with van der Waals surface area (Å²) < 4.78 is 1.07. The Morgan fingerprint density at radius 3 is 2.94 bits per heavy atom. The van der Waals surface area contributed by atoms with Gasteiger partial charge in [0, 0.05) is 28.0 Å². The van der Waals surface area contributed by atoms with E-state index in [1.807, 2.05) is 24.3 Å². The molecule has 3 nitrogen and oxygen atoms in total. The van der Waals surface area contributed by atoms with Crippen molar-refractivity contribution in [2.24, 2.45) is 0 Å². The maximum Gasteiger partial charge on any atom is 0.133 e. The monoisotopic (exact) mass is 294 g/mol. The van der Waals surface area contributed by atoms with E-state index in [9.17, 15) is 5.11 Å². The van der Waals surface area contributed by atoms with Crippen LogP contribution in [0.1, 0.15) is 13.3 Å². The molecule has 0 fully saturated rings. The van der Waals surface area contributed by atoms with E-state index in [0.717, 1.165) is 27.6 Å². The average molecular weight is 295 g/mol. The molecular weight excluding hydrogens is 280 g/mol. The Labute approximate surface area is 109 Å². The van der Waals surface area contributed by atoms with Gasteiger partial charge < -0.3 is 10.4 Å². The van der Waals surface area contributed by atoms with E-state index in [2.05, 4.69) is 26.2 Å². The fourth-order valence-corrected chi connectivity index (χ4v) is 2.21. The first kappa shape index (κ1) is 12.3. The first-order valence-electron chi connectivity index (χ1n) is 5.63. The number of hydrogen-bond acceptors (Lipinski definition) is 3. The smallest absolute Gasteiger partial charge is 0.133 e. The van der Waals surface area contributed by atoms with Crippen molar-refractivity contribution < 1.29 is 5.11 Å².